The van der Waals surface area contributed by atoms with Gasteiger partial charge in [0.05, 0.1) is 11.6 Å². The number of aliphatic carboxylic acids is 1. The van der Waals surface area contributed by atoms with E-state index in [0.29, 0.717) is 36.5 Å². The highest BCUT2D eigenvalue weighted by Crippen LogP contribution is 2.50. The molecule has 2 fully saturated rings. The maximum atomic E-state index is 12.9. The number of aromatic amines is 1. The number of hydrogen-bond acceptors (Lipinski definition) is 5. The highest BCUT2D eigenvalue weighted by atomic mass is 16.4. The molecule has 2 aromatic heterocycles. The normalized spacial score (nSPS) is 21.3. The van der Waals surface area contributed by atoms with Crippen LogP contribution >= 0.6 is 0 Å². The molecule has 1 aliphatic heterocycles. The molecule has 0 aromatic carbocycles. The second-order valence-corrected chi connectivity index (χ2v) is 6.92. The number of hydrogen-bond donors (Lipinski definition) is 2. The van der Waals surface area contributed by atoms with E-state index >= 15 is 0 Å². The number of carbonyl (C=O) groups excluding carboxylic acids is 1. The Morgan fingerprint density at radius 1 is 1.28 bits per heavy atom. The summed E-state index contributed by atoms with van der Waals surface area (Å²) in [5.41, 5.74) is 2.21. The number of carbonyl (C=O) groups is 2. The monoisotopic (exact) mass is 341 g/mol. The summed E-state index contributed by atoms with van der Waals surface area (Å²) in [6, 6.07) is 3.51. The predicted octanol–water partition coefficient (Wildman–Crippen LogP) is 1.64. The molecule has 1 amide bonds. The van der Waals surface area contributed by atoms with Gasteiger partial charge in [0.15, 0.2) is 0 Å². The van der Waals surface area contributed by atoms with E-state index in [1.807, 2.05) is 17.9 Å². The van der Waals surface area contributed by atoms with Gasteiger partial charge in [0.1, 0.15) is 17.7 Å². The Kier molecular flexibility index (Phi) is 3.55. The van der Waals surface area contributed by atoms with E-state index in [2.05, 4.69) is 20.2 Å². The Bertz CT molecular complexity index is 842. The number of aryl methyl sites for hydroxylation is 1. The van der Waals surface area contributed by atoms with Crippen molar-refractivity contribution in [3.05, 3.63) is 29.8 Å². The fourth-order valence-corrected chi connectivity index (χ4v) is 3.64. The lowest BCUT2D eigenvalue weighted by atomic mass is 9.89. The Morgan fingerprint density at radius 3 is 2.76 bits per heavy atom. The summed E-state index contributed by atoms with van der Waals surface area (Å²) in [5.74, 6) is -1.24. The van der Waals surface area contributed by atoms with E-state index in [1.165, 1.54) is 6.33 Å². The van der Waals surface area contributed by atoms with Gasteiger partial charge in [-0.1, -0.05) is 0 Å². The lowest BCUT2D eigenvalue weighted by Gasteiger charge is -2.38. The van der Waals surface area contributed by atoms with Crippen molar-refractivity contribution in [2.45, 2.75) is 38.1 Å². The number of carboxylic acid groups (broad SMARTS) is 1. The zero-order valence-electron chi connectivity index (χ0n) is 13.9. The van der Waals surface area contributed by atoms with Crippen LogP contribution < -0.4 is 0 Å². The zero-order valence-corrected chi connectivity index (χ0v) is 13.9. The number of H-pyrrole nitrogens is 1. The van der Waals surface area contributed by atoms with E-state index in [9.17, 15) is 14.7 Å². The largest absolute Gasteiger partial charge is 0.481 e. The molecule has 8 nitrogen and oxygen atoms in total. The zero-order chi connectivity index (χ0) is 17.6. The minimum atomic E-state index is -0.763. The maximum absolute atomic E-state index is 12.9. The fraction of sp³-hybridized carbons (Fsp3) is 0.471. The van der Waals surface area contributed by atoms with Crippen molar-refractivity contribution in [2.24, 2.45) is 5.92 Å². The van der Waals surface area contributed by atoms with Gasteiger partial charge in [-0.05, 0) is 44.7 Å². The first kappa shape index (κ1) is 15.7. The first-order chi connectivity index (χ1) is 12.0. The number of rotatable bonds is 3. The van der Waals surface area contributed by atoms with Crippen molar-refractivity contribution in [2.75, 3.05) is 6.54 Å². The quantitative estimate of drug-likeness (QED) is 0.878. The molecule has 2 aromatic rings. The van der Waals surface area contributed by atoms with Crippen LogP contribution in [-0.2, 0) is 4.79 Å². The minimum absolute atomic E-state index is 0.120. The summed E-state index contributed by atoms with van der Waals surface area (Å²) >= 11 is 0. The van der Waals surface area contributed by atoms with Crippen LogP contribution in [0.25, 0.3) is 11.4 Å². The lowest BCUT2D eigenvalue weighted by Crippen LogP contribution is -2.49. The summed E-state index contributed by atoms with van der Waals surface area (Å²) in [6.07, 6.45) is 4.25. The topological polar surface area (TPSA) is 112 Å². The Balaban J connectivity index is 1.55. The highest BCUT2D eigenvalue weighted by Gasteiger charge is 2.54. The van der Waals surface area contributed by atoms with Crippen molar-refractivity contribution in [1.82, 2.24) is 25.1 Å². The molecule has 8 heteroatoms. The Labute approximate surface area is 144 Å². The average molecular weight is 341 g/mol. The number of nitrogens with one attached hydrogen (secondary N) is 1. The van der Waals surface area contributed by atoms with Gasteiger partial charge in [-0.15, -0.1) is 0 Å². The second-order valence-electron chi connectivity index (χ2n) is 6.92. The van der Waals surface area contributed by atoms with Gasteiger partial charge >= 0.3 is 5.97 Å². The molecule has 1 aliphatic carbocycles. The summed E-state index contributed by atoms with van der Waals surface area (Å²) in [5, 5.41) is 16.3. The summed E-state index contributed by atoms with van der Waals surface area (Å²) in [6.45, 7) is 2.34. The SMILES string of the molecule is Cc1cc(-c2cc(C(=O)N3CC[C@@H](C(=O)O)CC34CC4)[nH]n2)ncn1. The number of aromatic nitrogens is 4. The molecule has 2 aliphatic rings. The van der Waals surface area contributed by atoms with Crippen LogP contribution in [0.15, 0.2) is 18.5 Å². The number of likely N-dealkylation sites (tertiary alicyclic amines) is 1. The van der Waals surface area contributed by atoms with Crippen LogP contribution in [0.5, 0.6) is 0 Å². The second kappa shape index (κ2) is 5.65. The van der Waals surface area contributed by atoms with E-state index in [4.69, 9.17) is 0 Å². The van der Waals surface area contributed by atoms with E-state index < -0.39 is 5.97 Å². The number of nitrogens with zero attached hydrogens (tertiary/aromatic N) is 4. The summed E-state index contributed by atoms with van der Waals surface area (Å²) < 4.78 is 0. The molecule has 3 heterocycles. The van der Waals surface area contributed by atoms with Crippen molar-refractivity contribution in [3.63, 3.8) is 0 Å². The molecule has 1 saturated heterocycles. The molecule has 4 rings (SSSR count). The van der Waals surface area contributed by atoms with Gasteiger partial charge in [-0.2, -0.15) is 5.10 Å². The van der Waals surface area contributed by atoms with Crippen LogP contribution in [0, 0.1) is 12.8 Å². The molecule has 0 bridgehead atoms. The van der Waals surface area contributed by atoms with Crippen molar-refractivity contribution >= 4 is 11.9 Å². The first-order valence-electron chi connectivity index (χ1n) is 8.38. The third-order valence-corrected chi connectivity index (χ3v) is 5.20. The molecule has 0 unspecified atom stereocenters. The van der Waals surface area contributed by atoms with E-state index in [1.54, 1.807) is 6.07 Å². The smallest absolute Gasteiger partial charge is 0.306 e. The van der Waals surface area contributed by atoms with Crippen LogP contribution in [0.3, 0.4) is 0 Å². The molecule has 1 saturated carbocycles. The maximum Gasteiger partial charge on any atom is 0.306 e. The Hall–Kier alpha value is -2.77. The highest BCUT2D eigenvalue weighted by molar-refractivity contribution is 5.94. The lowest BCUT2D eigenvalue weighted by molar-refractivity contribution is -0.144. The van der Waals surface area contributed by atoms with Gasteiger partial charge in [-0.3, -0.25) is 14.7 Å². The predicted molar refractivity (Wildman–Crippen MR) is 87.7 cm³/mol. The Morgan fingerprint density at radius 2 is 2.08 bits per heavy atom. The molecule has 0 radical (unpaired) electrons. The number of amides is 1. The molecular formula is C17H19N5O3. The molecule has 25 heavy (non-hydrogen) atoms. The molecule has 1 atom stereocenters. The van der Waals surface area contributed by atoms with Crippen LogP contribution in [0.1, 0.15) is 41.9 Å². The van der Waals surface area contributed by atoms with Gasteiger partial charge in [0, 0.05) is 17.8 Å². The first-order valence-corrected chi connectivity index (χ1v) is 8.38. The van der Waals surface area contributed by atoms with Gasteiger partial charge in [-0.25, -0.2) is 9.97 Å². The number of carboxylic acids is 1. The molecular weight excluding hydrogens is 322 g/mol. The molecule has 1 spiro atoms. The summed E-state index contributed by atoms with van der Waals surface area (Å²) in [4.78, 5) is 34.3. The average Bonchev–Trinajstić information content (AvgIpc) is 3.17. The fourth-order valence-electron chi connectivity index (χ4n) is 3.64. The van der Waals surface area contributed by atoms with Crippen LogP contribution in [0.2, 0.25) is 0 Å². The standard InChI is InChI=1S/C17H19N5O3/c1-10-6-12(19-9-18-10)13-7-14(21-20-13)15(23)22-5-2-11(16(24)25)8-17(22)3-4-17/h6-7,9,11H,2-5,8H2,1H3,(H,20,21)(H,24,25)/t11-/m1/s1. The van der Waals surface area contributed by atoms with E-state index in [0.717, 1.165) is 18.5 Å². The van der Waals surface area contributed by atoms with Crippen molar-refractivity contribution in [1.29, 1.82) is 0 Å². The van der Waals surface area contributed by atoms with Crippen LogP contribution in [-0.4, -0.2) is 54.1 Å². The van der Waals surface area contributed by atoms with Crippen molar-refractivity contribution < 1.29 is 14.7 Å². The number of piperidine rings is 1. The van der Waals surface area contributed by atoms with Gasteiger partial charge in [0.25, 0.3) is 5.91 Å². The molecule has 130 valence electrons. The summed E-state index contributed by atoms with van der Waals surface area (Å²) in [7, 11) is 0. The third-order valence-electron chi connectivity index (χ3n) is 5.20. The van der Waals surface area contributed by atoms with E-state index in [-0.39, 0.29) is 17.4 Å². The van der Waals surface area contributed by atoms with Crippen molar-refractivity contribution in [3.8, 4) is 11.4 Å². The minimum Gasteiger partial charge on any atom is -0.481 e. The van der Waals surface area contributed by atoms with Gasteiger partial charge < -0.3 is 10.0 Å². The van der Waals surface area contributed by atoms with Gasteiger partial charge in [0.2, 0.25) is 0 Å². The third kappa shape index (κ3) is 2.77. The van der Waals surface area contributed by atoms with Crippen LogP contribution in [0.4, 0.5) is 0 Å². The molecule has 2 N–H and O–H groups in total.